The molecule has 0 saturated carbocycles. The third-order valence-corrected chi connectivity index (χ3v) is 3.36. The number of aromatic amines is 1. The second-order valence-electron chi connectivity index (χ2n) is 4.61. The first kappa shape index (κ1) is 13.6. The summed E-state index contributed by atoms with van der Waals surface area (Å²) in [5, 5.41) is 13.4. The molecular weight excluding hydrogens is 299 g/mol. The van der Waals surface area contributed by atoms with E-state index in [-0.39, 0.29) is 18.7 Å². The summed E-state index contributed by atoms with van der Waals surface area (Å²) in [4.78, 5) is 15.4. The van der Waals surface area contributed by atoms with Crippen molar-refractivity contribution in [1.29, 1.82) is 0 Å². The Morgan fingerprint density at radius 1 is 1.52 bits per heavy atom. The monoisotopic (exact) mass is 310 g/mol. The van der Waals surface area contributed by atoms with Crippen molar-refractivity contribution in [3.63, 3.8) is 0 Å². The molecule has 2 heterocycles. The SMILES string of the molecule is NC(=O)c1cc(NC2=NCC(F)CN2)c2c(Cl)[nH]nc2c1. The molecule has 110 valence electrons. The highest BCUT2D eigenvalue weighted by molar-refractivity contribution is 6.35. The number of nitrogens with one attached hydrogen (secondary N) is 3. The van der Waals surface area contributed by atoms with E-state index in [4.69, 9.17) is 17.3 Å². The van der Waals surface area contributed by atoms with Crippen LogP contribution in [0.15, 0.2) is 17.1 Å². The number of amides is 1. The molecule has 1 aliphatic heterocycles. The van der Waals surface area contributed by atoms with Gasteiger partial charge >= 0.3 is 0 Å². The minimum absolute atomic E-state index is 0.0765. The average molecular weight is 311 g/mol. The van der Waals surface area contributed by atoms with Gasteiger partial charge < -0.3 is 16.4 Å². The maximum absolute atomic E-state index is 13.0. The molecule has 7 nitrogen and oxygen atoms in total. The van der Waals surface area contributed by atoms with Gasteiger partial charge in [0.05, 0.1) is 29.7 Å². The van der Waals surface area contributed by atoms with Crippen molar-refractivity contribution in [1.82, 2.24) is 15.5 Å². The highest BCUT2D eigenvalue weighted by Crippen LogP contribution is 2.30. The zero-order valence-electron chi connectivity index (χ0n) is 10.8. The Bertz CT molecular complexity index is 743. The predicted octanol–water partition coefficient (Wildman–Crippen LogP) is 1.02. The lowest BCUT2D eigenvalue weighted by Gasteiger charge is -2.19. The van der Waals surface area contributed by atoms with Crippen molar-refractivity contribution in [3.05, 3.63) is 22.8 Å². The molecule has 1 aromatic heterocycles. The minimum Gasteiger partial charge on any atom is -0.366 e. The van der Waals surface area contributed by atoms with Crippen LogP contribution in [0.1, 0.15) is 10.4 Å². The van der Waals surface area contributed by atoms with Crippen LogP contribution in [0, 0.1) is 0 Å². The number of benzene rings is 1. The van der Waals surface area contributed by atoms with E-state index in [1.54, 1.807) is 12.1 Å². The fourth-order valence-corrected chi connectivity index (χ4v) is 2.32. The molecule has 1 aliphatic rings. The van der Waals surface area contributed by atoms with Crippen LogP contribution in [-0.2, 0) is 0 Å². The fourth-order valence-electron chi connectivity index (χ4n) is 2.08. The summed E-state index contributed by atoms with van der Waals surface area (Å²) < 4.78 is 13.0. The van der Waals surface area contributed by atoms with Crippen LogP contribution in [-0.4, -0.2) is 41.3 Å². The first-order chi connectivity index (χ1) is 10.0. The van der Waals surface area contributed by atoms with Crippen LogP contribution < -0.4 is 16.4 Å². The summed E-state index contributed by atoms with van der Waals surface area (Å²) in [5.74, 6) is -0.175. The first-order valence-corrected chi connectivity index (χ1v) is 6.59. The molecule has 3 rings (SSSR count). The van der Waals surface area contributed by atoms with Gasteiger partial charge in [-0.25, -0.2) is 9.38 Å². The van der Waals surface area contributed by atoms with Crippen LogP contribution in [0.25, 0.3) is 10.9 Å². The molecule has 5 N–H and O–H groups in total. The van der Waals surface area contributed by atoms with E-state index in [0.29, 0.717) is 27.7 Å². The number of primary amides is 1. The third-order valence-electron chi connectivity index (χ3n) is 3.09. The quantitative estimate of drug-likeness (QED) is 0.664. The number of carbonyl (C=O) groups is 1. The van der Waals surface area contributed by atoms with Gasteiger partial charge in [-0.05, 0) is 12.1 Å². The van der Waals surface area contributed by atoms with E-state index in [1.165, 1.54) is 0 Å². The molecule has 1 atom stereocenters. The lowest BCUT2D eigenvalue weighted by molar-refractivity contribution is 0.100. The molecule has 0 saturated heterocycles. The largest absolute Gasteiger partial charge is 0.366 e. The maximum Gasteiger partial charge on any atom is 0.248 e. The first-order valence-electron chi connectivity index (χ1n) is 6.21. The smallest absolute Gasteiger partial charge is 0.248 e. The number of H-pyrrole nitrogens is 1. The van der Waals surface area contributed by atoms with E-state index in [2.05, 4.69) is 25.8 Å². The van der Waals surface area contributed by atoms with E-state index in [0.717, 1.165) is 0 Å². The fraction of sp³-hybridized carbons (Fsp3) is 0.250. The van der Waals surface area contributed by atoms with Crippen molar-refractivity contribution in [2.24, 2.45) is 10.7 Å². The number of aromatic nitrogens is 2. The molecular formula is C12H12ClFN6O. The number of aliphatic imine (C=N–C) groups is 1. The van der Waals surface area contributed by atoms with Crippen LogP contribution >= 0.6 is 11.6 Å². The number of rotatable bonds is 2. The molecule has 0 aliphatic carbocycles. The maximum atomic E-state index is 13.0. The topological polar surface area (TPSA) is 108 Å². The number of guanidine groups is 1. The number of nitrogens with two attached hydrogens (primary N) is 1. The molecule has 9 heteroatoms. The van der Waals surface area contributed by atoms with E-state index >= 15 is 0 Å². The zero-order chi connectivity index (χ0) is 15.0. The number of halogens is 2. The Morgan fingerprint density at radius 3 is 3.00 bits per heavy atom. The van der Waals surface area contributed by atoms with Gasteiger partial charge in [0, 0.05) is 5.56 Å². The van der Waals surface area contributed by atoms with Gasteiger partial charge in [-0.15, -0.1) is 0 Å². The number of alkyl halides is 1. The minimum atomic E-state index is -1.01. The molecule has 0 bridgehead atoms. The second-order valence-corrected chi connectivity index (χ2v) is 4.99. The number of anilines is 1. The predicted molar refractivity (Wildman–Crippen MR) is 78.4 cm³/mol. The summed E-state index contributed by atoms with van der Waals surface area (Å²) in [6.07, 6.45) is -1.01. The molecule has 2 aromatic rings. The van der Waals surface area contributed by atoms with Crippen molar-refractivity contribution < 1.29 is 9.18 Å². The number of fused-ring (bicyclic) bond motifs is 1. The van der Waals surface area contributed by atoms with Crippen molar-refractivity contribution in [2.45, 2.75) is 6.17 Å². The summed E-state index contributed by atoms with van der Waals surface area (Å²) in [6, 6.07) is 3.09. The molecule has 0 fully saturated rings. The van der Waals surface area contributed by atoms with Crippen molar-refractivity contribution >= 4 is 40.1 Å². The summed E-state index contributed by atoms with van der Waals surface area (Å²) >= 11 is 6.06. The number of hydrogen-bond donors (Lipinski definition) is 4. The van der Waals surface area contributed by atoms with Crippen LogP contribution in [0.3, 0.4) is 0 Å². The normalized spacial score (nSPS) is 18.2. The molecule has 1 amide bonds. The highest BCUT2D eigenvalue weighted by atomic mass is 35.5. The lowest BCUT2D eigenvalue weighted by Crippen LogP contribution is -2.41. The Morgan fingerprint density at radius 2 is 2.33 bits per heavy atom. The second kappa shape index (κ2) is 5.21. The Kier molecular flexibility index (Phi) is 3.38. The van der Waals surface area contributed by atoms with E-state index in [1.807, 2.05) is 0 Å². The van der Waals surface area contributed by atoms with Crippen molar-refractivity contribution in [3.8, 4) is 0 Å². The van der Waals surface area contributed by atoms with Crippen molar-refractivity contribution in [2.75, 3.05) is 18.4 Å². The van der Waals surface area contributed by atoms with E-state index < -0.39 is 12.1 Å². The van der Waals surface area contributed by atoms with Crippen LogP contribution in [0.4, 0.5) is 10.1 Å². The molecule has 21 heavy (non-hydrogen) atoms. The Hall–Kier alpha value is -2.35. The summed E-state index contributed by atoms with van der Waals surface area (Å²) in [7, 11) is 0. The Balaban J connectivity index is 2.03. The number of hydrogen-bond acceptors (Lipinski definition) is 5. The van der Waals surface area contributed by atoms with Gasteiger partial charge in [-0.1, -0.05) is 11.6 Å². The standard InChI is InChI=1S/C12H12ClFN6O/c13-10-9-7(18-12-16-3-6(14)4-17-12)1-5(11(15)21)2-8(9)19-20-10/h1-2,6H,3-4H2,(H2,15,21)(H,19,20)(H2,16,17,18). The summed E-state index contributed by atoms with van der Waals surface area (Å²) in [6.45, 7) is 0.247. The molecule has 1 aromatic carbocycles. The third kappa shape index (κ3) is 2.62. The zero-order valence-corrected chi connectivity index (χ0v) is 11.5. The Labute approximate surface area is 123 Å². The molecule has 0 radical (unpaired) electrons. The average Bonchev–Trinajstić information content (AvgIpc) is 2.83. The lowest BCUT2D eigenvalue weighted by atomic mass is 10.1. The summed E-state index contributed by atoms with van der Waals surface area (Å²) in [5.41, 5.74) is 6.60. The van der Waals surface area contributed by atoms with Crippen LogP contribution in [0.5, 0.6) is 0 Å². The number of nitrogens with zero attached hydrogens (tertiary/aromatic N) is 2. The van der Waals surface area contributed by atoms with E-state index in [9.17, 15) is 9.18 Å². The molecule has 1 unspecified atom stereocenters. The molecule has 0 spiro atoms. The van der Waals surface area contributed by atoms with Crippen LogP contribution in [0.2, 0.25) is 5.15 Å². The van der Waals surface area contributed by atoms with Gasteiger partial charge in [-0.2, -0.15) is 5.10 Å². The van der Waals surface area contributed by atoms with Gasteiger partial charge in [0.15, 0.2) is 5.96 Å². The van der Waals surface area contributed by atoms with Gasteiger partial charge in [0.1, 0.15) is 11.3 Å². The van der Waals surface area contributed by atoms with Gasteiger partial charge in [-0.3, -0.25) is 9.89 Å². The number of carbonyl (C=O) groups excluding carboxylic acids is 1. The van der Waals surface area contributed by atoms with Gasteiger partial charge in [0.2, 0.25) is 5.91 Å². The highest BCUT2D eigenvalue weighted by Gasteiger charge is 2.17. The van der Waals surface area contributed by atoms with Gasteiger partial charge in [0.25, 0.3) is 0 Å².